The summed E-state index contributed by atoms with van der Waals surface area (Å²) in [4.78, 5) is 28.8. The first-order valence-electron chi connectivity index (χ1n) is 15.5. The molecular weight excluding hydrogens is 571 g/mol. The number of nitrogens with two attached hydrogens (primary N) is 1. The van der Waals surface area contributed by atoms with Crippen LogP contribution in [0.25, 0.3) is 0 Å². The molecule has 0 aliphatic rings. The van der Waals surface area contributed by atoms with Gasteiger partial charge in [0.05, 0.1) is 0 Å². The van der Waals surface area contributed by atoms with Gasteiger partial charge < -0.3 is 11.1 Å². The van der Waals surface area contributed by atoms with Gasteiger partial charge in [0, 0.05) is 47.8 Å². The lowest BCUT2D eigenvalue weighted by Crippen LogP contribution is -2.35. The molecule has 0 aromatic carbocycles. The standard InChI is InChI=1S/C36H53N3O2S2/c1-4-5-6-7-8-9-10-11-12-13-14-15-16-17-18-19-20-21-22-25-35(41)39-27-28-42-43-36(2,3)33(30-37)29-34(40)32-24-23-26-38-31-32/h5-6,8-9,11-12,14-15,17-18,20-21,23-24,26,31,33H,4,7,10,13,16,19,22,25,27-30,37H2,1-3H3,(H,39,41)/b6-5-,9-8-,12-11-,15-14-,18-17-,21-20-/t33-/m1/s1. The Bertz CT molecular complexity index is 1060. The zero-order valence-corrected chi connectivity index (χ0v) is 28.1. The quantitative estimate of drug-likeness (QED) is 0.0517. The number of Topliss-reactive ketones (excluding diaryl/α,β-unsaturated/α-hetero) is 1. The summed E-state index contributed by atoms with van der Waals surface area (Å²) in [6, 6.07) is 3.57. The Kier molecular flexibility index (Phi) is 23.1. The average Bonchev–Trinajstić information content (AvgIpc) is 3.01. The third kappa shape index (κ3) is 20.9. The van der Waals surface area contributed by atoms with Gasteiger partial charge in [-0.05, 0) is 83.4 Å². The lowest BCUT2D eigenvalue weighted by atomic mass is 9.88. The van der Waals surface area contributed by atoms with Gasteiger partial charge in [-0.2, -0.15) is 0 Å². The van der Waals surface area contributed by atoms with Crippen molar-refractivity contribution in [1.29, 1.82) is 0 Å². The molecule has 1 aromatic heterocycles. The molecule has 1 heterocycles. The van der Waals surface area contributed by atoms with E-state index in [0.29, 0.717) is 31.5 Å². The first-order valence-corrected chi connectivity index (χ1v) is 17.8. The van der Waals surface area contributed by atoms with E-state index in [2.05, 4.69) is 104 Å². The Morgan fingerprint density at radius 2 is 1.47 bits per heavy atom. The number of allylic oxidation sites excluding steroid dienone is 12. The highest BCUT2D eigenvalue weighted by Crippen LogP contribution is 2.42. The molecule has 0 radical (unpaired) electrons. The summed E-state index contributed by atoms with van der Waals surface area (Å²) in [6.07, 6.45) is 37.0. The van der Waals surface area contributed by atoms with Crippen LogP contribution in [0.1, 0.15) is 88.9 Å². The maximum atomic E-state index is 12.6. The molecule has 1 aromatic rings. The largest absolute Gasteiger partial charge is 0.355 e. The van der Waals surface area contributed by atoms with Gasteiger partial charge in [-0.25, -0.2) is 0 Å². The van der Waals surface area contributed by atoms with Gasteiger partial charge in [0.25, 0.3) is 0 Å². The number of carbonyl (C=O) groups is 2. The molecule has 0 aliphatic carbocycles. The second-order valence-electron chi connectivity index (χ2n) is 10.6. The van der Waals surface area contributed by atoms with E-state index in [9.17, 15) is 9.59 Å². The van der Waals surface area contributed by atoms with E-state index in [0.717, 1.165) is 50.7 Å². The normalized spacial score (nSPS) is 13.5. The lowest BCUT2D eigenvalue weighted by molar-refractivity contribution is -0.120. The second-order valence-corrected chi connectivity index (χ2v) is 13.7. The van der Waals surface area contributed by atoms with Crippen LogP contribution in [0, 0.1) is 5.92 Å². The van der Waals surface area contributed by atoms with Gasteiger partial charge in [-0.3, -0.25) is 14.6 Å². The predicted molar refractivity (Wildman–Crippen MR) is 190 cm³/mol. The van der Waals surface area contributed by atoms with E-state index in [1.165, 1.54) is 0 Å². The molecule has 0 fully saturated rings. The van der Waals surface area contributed by atoms with E-state index >= 15 is 0 Å². The van der Waals surface area contributed by atoms with Crippen LogP contribution in [0.3, 0.4) is 0 Å². The molecule has 0 bridgehead atoms. The Morgan fingerprint density at radius 3 is 1.98 bits per heavy atom. The van der Waals surface area contributed by atoms with Crippen molar-refractivity contribution in [2.24, 2.45) is 11.7 Å². The Labute approximate surface area is 269 Å². The summed E-state index contributed by atoms with van der Waals surface area (Å²) in [6.45, 7) is 7.47. The molecule has 5 nitrogen and oxygen atoms in total. The van der Waals surface area contributed by atoms with E-state index in [-0.39, 0.29) is 22.4 Å². The summed E-state index contributed by atoms with van der Waals surface area (Å²) < 4.78 is -0.169. The van der Waals surface area contributed by atoms with Crippen LogP contribution in [0.15, 0.2) is 97.4 Å². The minimum atomic E-state index is -0.169. The van der Waals surface area contributed by atoms with E-state index in [1.807, 2.05) is 0 Å². The first-order chi connectivity index (χ1) is 20.9. The van der Waals surface area contributed by atoms with Crippen LogP contribution < -0.4 is 11.1 Å². The van der Waals surface area contributed by atoms with E-state index < -0.39 is 0 Å². The topological polar surface area (TPSA) is 85.1 Å². The van der Waals surface area contributed by atoms with Crippen molar-refractivity contribution in [1.82, 2.24) is 10.3 Å². The molecule has 1 amide bonds. The number of amides is 1. The van der Waals surface area contributed by atoms with Crippen molar-refractivity contribution in [3.8, 4) is 0 Å². The van der Waals surface area contributed by atoms with Crippen molar-refractivity contribution >= 4 is 33.3 Å². The monoisotopic (exact) mass is 623 g/mol. The average molecular weight is 624 g/mol. The highest BCUT2D eigenvalue weighted by Gasteiger charge is 2.31. The fourth-order valence-electron chi connectivity index (χ4n) is 3.92. The maximum absolute atomic E-state index is 12.6. The van der Waals surface area contributed by atoms with Gasteiger partial charge >= 0.3 is 0 Å². The van der Waals surface area contributed by atoms with Crippen LogP contribution in [0.5, 0.6) is 0 Å². The van der Waals surface area contributed by atoms with Crippen LogP contribution in [-0.2, 0) is 4.79 Å². The van der Waals surface area contributed by atoms with Crippen molar-refractivity contribution in [2.45, 2.75) is 83.3 Å². The number of nitrogens with zero attached hydrogens (tertiary/aromatic N) is 1. The van der Waals surface area contributed by atoms with E-state index in [4.69, 9.17) is 5.73 Å². The van der Waals surface area contributed by atoms with Gasteiger partial charge in [-0.15, -0.1) is 0 Å². The van der Waals surface area contributed by atoms with Crippen LogP contribution >= 0.6 is 21.6 Å². The number of pyridine rings is 1. The number of rotatable bonds is 24. The van der Waals surface area contributed by atoms with Crippen LogP contribution in [0.4, 0.5) is 0 Å². The van der Waals surface area contributed by atoms with Crippen LogP contribution in [0.2, 0.25) is 0 Å². The van der Waals surface area contributed by atoms with Crippen molar-refractivity contribution in [2.75, 3.05) is 18.8 Å². The number of ketones is 1. The summed E-state index contributed by atoms with van der Waals surface area (Å²) in [5.41, 5.74) is 6.66. The summed E-state index contributed by atoms with van der Waals surface area (Å²) in [5.74, 6) is 0.995. The van der Waals surface area contributed by atoms with Crippen molar-refractivity contribution < 1.29 is 9.59 Å². The van der Waals surface area contributed by atoms with E-state index in [1.54, 1.807) is 46.1 Å². The third-order valence-corrected chi connectivity index (χ3v) is 9.99. The minimum Gasteiger partial charge on any atom is -0.355 e. The first kappa shape index (κ1) is 38.4. The van der Waals surface area contributed by atoms with Gasteiger partial charge in [0.1, 0.15) is 0 Å². The minimum absolute atomic E-state index is 0.0497. The van der Waals surface area contributed by atoms with Crippen LogP contribution in [-0.4, -0.2) is 40.3 Å². The number of carbonyl (C=O) groups excluding carboxylic acids is 2. The highest BCUT2D eigenvalue weighted by molar-refractivity contribution is 8.77. The number of aromatic nitrogens is 1. The molecular formula is C36H53N3O2S2. The van der Waals surface area contributed by atoms with Gasteiger partial charge in [0.2, 0.25) is 5.91 Å². The molecule has 0 spiro atoms. The molecule has 7 heteroatoms. The molecule has 3 N–H and O–H groups in total. The summed E-state index contributed by atoms with van der Waals surface area (Å²) >= 11 is 0. The molecule has 0 saturated carbocycles. The Hall–Kier alpha value is -2.61. The summed E-state index contributed by atoms with van der Waals surface area (Å²) in [7, 11) is 3.44. The Morgan fingerprint density at radius 1 is 0.907 bits per heavy atom. The number of hydrogen-bond acceptors (Lipinski definition) is 6. The highest BCUT2D eigenvalue weighted by atomic mass is 33.1. The second kappa shape index (κ2) is 25.8. The Balaban J connectivity index is 2.08. The maximum Gasteiger partial charge on any atom is 0.220 e. The number of hydrogen-bond donors (Lipinski definition) is 2. The third-order valence-electron chi connectivity index (χ3n) is 6.60. The molecule has 1 atom stereocenters. The molecule has 43 heavy (non-hydrogen) atoms. The molecule has 0 unspecified atom stereocenters. The smallest absolute Gasteiger partial charge is 0.220 e. The van der Waals surface area contributed by atoms with Crippen molar-refractivity contribution in [3.63, 3.8) is 0 Å². The molecule has 0 saturated heterocycles. The molecule has 1 rings (SSSR count). The fourth-order valence-corrected chi connectivity index (χ4v) is 6.63. The zero-order chi connectivity index (χ0) is 31.4. The number of nitrogens with one attached hydrogen (secondary N) is 1. The summed E-state index contributed by atoms with van der Waals surface area (Å²) in [5, 5.41) is 3.00. The van der Waals surface area contributed by atoms with Gasteiger partial charge in [-0.1, -0.05) is 101 Å². The fraction of sp³-hybridized carbons (Fsp3) is 0.472. The lowest BCUT2D eigenvalue weighted by Gasteiger charge is -2.32. The SMILES string of the molecule is CC/C=C\C/C=C\C/C=C\C/C=C\C/C=C\C/C=C\CCC(=O)NCCSSC(C)(C)[C@@H](CN)CC(=O)c1cccnc1. The molecule has 0 aliphatic heterocycles. The zero-order valence-electron chi connectivity index (χ0n) is 26.5. The molecule has 236 valence electrons. The van der Waals surface area contributed by atoms with Gasteiger partial charge in [0.15, 0.2) is 5.78 Å². The predicted octanol–water partition coefficient (Wildman–Crippen LogP) is 8.98. The van der Waals surface area contributed by atoms with Crippen molar-refractivity contribution in [3.05, 3.63) is 103 Å².